The maximum absolute atomic E-state index is 13.5. The molecule has 3 aliphatic heterocycles. The molecule has 6 rings (SSSR count). The lowest BCUT2D eigenvalue weighted by molar-refractivity contribution is -0.131. The van der Waals surface area contributed by atoms with Crippen LogP contribution in [0.1, 0.15) is 38.9 Å². The number of hydrogen-bond donors (Lipinski definition) is 0. The summed E-state index contributed by atoms with van der Waals surface area (Å²) in [5.41, 5.74) is 3.71. The van der Waals surface area contributed by atoms with Crippen LogP contribution in [0.5, 0.6) is 0 Å². The maximum Gasteiger partial charge on any atom is 0.260 e. The molecule has 1 saturated heterocycles. The van der Waals surface area contributed by atoms with Gasteiger partial charge in [0.15, 0.2) is 0 Å². The number of carbonyl (C=O) groups is 3. The van der Waals surface area contributed by atoms with E-state index in [1.807, 2.05) is 53.4 Å². The zero-order valence-electron chi connectivity index (χ0n) is 19.3. The highest BCUT2D eigenvalue weighted by Crippen LogP contribution is 2.45. The highest BCUT2D eigenvalue weighted by Gasteiger charge is 2.47. The third-order valence-electron chi connectivity index (χ3n) is 7.20. The van der Waals surface area contributed by atoms with Gasteiger partial charge in [-0.25, -0.2) is 0 Å². The lowest BCUT2D eigenvalue weighted by Crippen LogP contribution is -2.51. The van der Waals surface area contributed by atoms with Crippen molar-refractivity contribution in [2.45, 2.75) is 12.6 Å². The van der Waals surface area contributed by atoms with Crippen molar-refractivity contribution in [3.05, 3.63) is 95.6 Å². The molecule has 3 aromatic rings. The standard InChI is InChI=1S/C28H26N4O3/c33-25(30-18-16-29(17-19-30)20-8-2-1-3-9-20)14-15-31-26-21-10-4-5-11-22(21)28(35)32(26)24-13-7-6-12-23(24)27(31)34/h1-13,26H,14-19H2/t26-/m0/s1. The third-order valence-corrected chi connectivity index (χ3v) is 7.20. The topological polar surface area (TPSA) is 64.2 Å². The quantitative estimate of drug-likeness (QED) is 0.590. The summed E-state index contributed by atoms with van der Waals surface area (Å²) >= 11 is 0. The fourth-order valence-corrected chi connectivity index (χ4v) is 5.43. The van der Waals surface area contributed by atoms with Crippen LogP contribution in [-0.4, -0.2) is 60.2 Å². The largest absolute Gasteiger partial charge is 0.368 e. The molecule has 3 aromatic carbocycles. The van der Waals surface area contributed by atoms with Gasteiger partial charge >= 0.3 is 0 Å². The van der Waals surface area contributed by atoms with E-state index in [0.29, 0.717) is 29.9 Å². The lowest BCUT2D eigenvalue weighted by Gasteiger charge is -2.41. The van der Waals surface area contributed by atoms with E-state index in [2.05, 4.69) is 17.0 Å². The van der Waals surface area contributed by atoms with E-state index in [9.17, 15) is 14.4 Å². The van der Waals surface area contributed by atoms with Crippen molar-refractivity contribution >= 4 is 29.1 Å². The Bertz CT molecular complexity index is 1300. The van der Waals surface area contributed by atoms with Crippen LogP contribution in [0, 0.1) is 0 Å². The van der Waals surface area contributed by atoms with E-state index < -0.39 is 6.17 Å². The van der Waals surface area contributed by atoms with Crippen LogP contribution in [-0.2, 0) is 4.79 Å². The Morgan fingerprint density at radius 2 is 1.40 bits per heavy atom. The number of amides is 3. The van der Waals surface area contributed by atoms with E-state index in [1.165, 1.54) is 5.69 Å². The van der Waals surface area contributed by atoms with Gasteiger partial charge in [-0.2, -0.15) is 0 Å². The van der Waals surface area contributed by atoms with Crippen LogP contribution in [0.4, 0.5) is 11.4 Å². The smallest absolute Gasteiger partial charge is 0.260 e. The Labute approximate surface area is 204 Å². The number of piperazine rings is 1. The zero-order valence-corrected chi connectivity index (χ0v) is 19.3. The van der Waals surface area contributed by atoms with Gasteiger partial charge in [-0.05, 0) is 30.3 Å². The molecule has 3 heterocycles. The third kappa shape index (κ3) is 3.55. The molecule has 3 aliphatic rings. The molecule has 0 radical (unpaired) electrons. The molecule has 3 amide bonds. The molecule has 176 valence electrons. The first-order valence-corrected chi connectivity index (χ1v) is 12.0. The Morgan fingerprint density at radius 1 is 0.743 bits per heavy atom. The second-order valence-corrected chi connectivity index (χ2v) is 9.11. The van der Waals surface area contributed by atoms with Crippen molar-refractivity contribution in [2.24, 2.45) is 0 Å². The van der Waals surface area contributed by atoms with Crippen LogP contribution in [0.25, 0.3) is 0 Å². The van der Waals surface area contributed by atoms with E-state index >= 15 is 0 Å². The molecule has 0 N–H and O–H groups in total. The van der Waals surface area contributed by atoms with Gasteiger partial charge in [-0.15, -0.1) is 0 Å². The highest BCUT2D eigenvalue weighted by atomic mass is 16.2. The number of hydrogen-bond acceptors (Lipinski definition) is 4. The van der Waals surface area contributed by atoms with Crippen molar-refractivity contribution in [1.82, 2.24) is 9.80 Å². The molecule has 0 aromatic heterocycles. The minimum Gasteiger partial charge on any atom is -0.368 e. The summed E-state index contributed by atoms with van der Waals surface area (Å²) in [7, 11) is 0. The summed E-state index contributed by atoms with van der Waals surface area (Å²) in [6, 6.07) is 24.9. The van der Waals surface area contributed by atoms with Crippen LogP contribution >= 0.6 is 0 Å². The summed E-state index contributed by atoms with van der Waals surface area (Å²) in [4.78, 5) is 47.5. The van der Waals surface area contributed by atoms with Gasteiger partial charge in [0.25, 0.3) is 11.8 Å². The summed E-state index contributed by atoms with van der Waals surface area (Å²) < 4.78 is 0. The van der Waals surface area contributed by atoms with E-state index in [1.54, 1.807) is 28.0 Å². The van der Waals surface area contributed by atoms with Crippen molar-refractivity contribution in [1.29, 1.82) is 0 Å². The molecule has 1 fully saturated rings. The first-order valence-electron chi connectivity index (χ1n) is 12.0. The fraction of sp³-hybridized carbons (Fsp3) is 0.250. The van der Waals surface area contributed by atoms with Crippen molar-refractivity contribution in [3.8, 4) is 0 Å². The lowest BCUT2D eigenvalue weighted by atomic mass is 10.0. The van der Waals surface area contributed by atoms with Gasteiger partial charge in [-0.3, -0.25) is 19.3 Å². The Hall–Kier alpha value is -4.13. The Morgan fingerprint density at radius 3 is 2.17 bits per heavy atom. The van der Waals surface area contributed by atoms with Gasteiger partial charge in [-0.1, -0.05) is 48.5 Å². The molecule has 0 bridgehead atoms. The van der Waals surface area contributed by atoms with Crippen LogP contribution in [0.2, 0.25) is 0 Å². The first-order chi connectivity index (χ1) is 17.1. The molecule has 1 atom stereocenters. The molecular weight excluding hydrogens is 440 g/mol. The van der Waals surface area contributed by atoms with Crippen molar-refractivity contribution in [2.75, 3.05) is 42.5 Å². The fourth-order valence-electron chi connectivity index (χ4n) is 5.43. The molecule has 0 aliphatic carbocycles. The van der Waals surface area contributed by atoms with Gasteiger partial charge in [0.2, 0.25) is 5.91 Å². The zero-order chi connectivity index (χ0) is 23.9. The van der Waals surface area contributed by atoms with Gasteiger partial charge in [0, 0.05) is 56.0 Å². The number of carbonyl (C=O) groups excluding carboxylic acids is 3. The van der Waals surface area contributed by atoms with Gasteiger partial charge < -0.3 is 14.7 Å². The van der Waals surface area contributed by atoms with E-state index in [4.69, 9.17) is 0 Å². The molecule has 7 heteroatoms. The Kier molecular flexibility index (Phi) is 5.25. The predicted molar refractivity (Wildman–Crippen MR) is 133 cm³/mol. The Balaban J connectivity index is 1.19. The van der Waals surface area contributed by atoms with Crippen LogP contribution in [0.3, 0.4) is 0 Å². The number of fused-ring (bicyclic) bond motifs is 5. The average Bonchev–Trinajstić information content (AvgIpc) is 3.21. The minimum absolute atomic E-state index is 0.0357. The molecule has 35 heavy (non-hydrogen) atoms. The SMILES string of the molecule is O=C(CCN1C(=O)c2ccccc2N2C(=O)c3ccccc3[C@@H]12)N1CCN(c2ccccc2)CC1. The average molecular weight is 467 g/mol. The number of para-hydroxylation sites is 2. The molecule has 0 spiro atoms. The minimum atomic E-state index is -0.524. The monoisotopic (exact) mass is 466 g/mol. The summed E-state index contributed by atoms with van der Waals surface area (Å²) in [5, 5.41) is 0. The number of benzene rings is 3. The molecule has 7 nitrogen and oxygen atoms in total. The molecule has 0 saturated carbocycles. The summed E-state index contributed by atoms with van der Waals surface area (Å²) in [5.74, 6) is -0.222. The van der Waals surface area contributed by atoms with Gasteiger partial charge in [0.1, 0.15) is 6.17 Å². The normalized spacial score (nSPS) is 18.9. The van der Waals surface area contributed by atoms with E-state index in [-0.39, 0.29) is 30.7 Å². The summed E-state index contributed by atoms with van der Waals surface area (Å²) in [6.07, 6.45) is -0.302. The van der Waals surface area contributed by atoms with Crippen LogP contribution in [0.15, 0.2) is 78.9 Å². The molecular formula is C28H26N4O3. The highest BCUT2D eigenvalue weighted by molar-refractivity contribution is 6.16. The number of rotatable bonds is 4. The van der Waals surface area contributed by atoms with E-state index in [0.717, 1.165) is 18.7 Å². The van der Waals surface area contributed by atoms with Crippen molar-refractivity contribution in [3.63, 3.8) is 0 Å². The predicted octanol–water partition coefficient (Wildman–Crippen LogP) is 3.54. The van der Waals surface area contributed by atoms with Crippen LogP contribution < -0.4 is 9.80 Å². The van der Waals surface area contributed by atoms with Gasteiger partial charge in [0.05, 0.1) is 11.3 Å². The maximum atomic E-state index is 13.5. The summed E-state index contributed by atoms with van der Waals surface area (Å²) in [6.45, 7) is 3.13. The van der Waals surface area contributed by atoms with Crippen molar-refractivity contribution < 1.29 is 14.4 Å². The first kappa shape index (κ1) is 21.4. The second kappa shape index (κ2) is 8.58. The molecule has 0 unspecified atom stereocenters. The number of nitrogens with zero attached hydrogens (tertiary/aromatic N) is 4. The number of anilines is 2. The second-order valence-electron chi connectivity index (χ2n) is 9.11.